The number of benzene rings is 3. The van der Waals surface area contributed by atoms with Crippen LogP contribution in [0, 0.1) is 5.92 Å². The van der Waals surface area contributed by atoms with Crippen molar-refractivity contribution in [3.8, 4) is 0 Å². The fourth-order valence-corrected chi connectivity index (χ4v) is 6.46. The van der Waals surface area contributed by atoms with E-state index in [9.17, 15) is 4.57 Å². The number of nitrogens with zero attached hydrogens (tertiary/aromatic N) is 1. The Hall–Kier alpha value is -1.97. The van der Waals surface area contributed by atoms with Gasteiger partial charge in [0, 0.05) is 46.4 Å². The molecule has 0 aliphatic heterocycles. The molecule has 0 heterocycles. The van der Waals surface area contributed by atoms with Gasteiger partial charge >= 0.3 is 0 Å². The monoisotopic (exact) mass is 490 g/mol. The maximum Gasteiger partial charge on any atom is 0.258 e. The number of hydrogen-bond donors (Lipinski definition) is 1. The van der Waals surface area contributed by atoms with Gasteiger partial charge in [-0.25, -0.2) is 0 Å². The summed E-state index contributed by atoms with van der Waals surface area (Å²) in [7, 11) is 0.466. The summed E-state index contributed by atoms with van der Waals surface area (Å²) >= 11 is 12.8. The third-order valence-corrected chi connectivity index (χ3v) is 8.20. The number of anilines is 2. The van der Waals surface area contributed by atoms with E-state index >= 15 is 0 Å². The average molecular weight is 491 g/mol. The molecule has 0 spiro atoms. The number of hydrogen-bond acceptors (Lipinski definition) is 4. The normalized spacial score (nSPS) is 14.1. The van der Waals surface area contributed by atoms with Crippen molar-refractivity contribution in [3.05, 3.63) is 88.4 Å². The molecule has 3 rings (SSSR count). The molecule has 0 saturated carbocycles. The van der Waals surface area contributed by atoms with Crippen molar-refractivity contribution in [3.63, 3.8) is 0 Å². The fourth-order valence-electron chi connectivity index (χ4n) is 3.28. The van der Waals surface area contributed by atoms with Gasteiger partial charge in [-0.15, -0.1) is 0 Å². The molecular formula is C25H29Cl2N2O2P. The molecule has 3 aromatic rings. The summed E-state index contributed by atoms with van der Waals surface area (Å²) in [5.74, 6) is -0.485. The lowest BCUT2D eigenvalue weighted by Crippen LogP contribution is -2.22. The lowest BCUT2D eigenvalue weighted by atomic mass is 10.2. The van der Waals surface area contributed by atoms with E-state index in [1.807, 2.05) is 93.5 Å². The van der Waals surface area contributed by atoms with Crippen LogP contribution >= 0.6 is 30.6 Å². The van der Waals surface area contributed by atoms with Gasteiger partial charge in [-0.3, -0.25) is 4.57 Å². The van der Waals surface area contributed by atoms with E-state index in [-0.39, 0.29) is 5.92 Å². The second-order valence-corrected chi connectivity index (χ2v) is 11.6. The first kappa shape index (κ1) is 24.7. The Balaban J connectivity index is 2.16. The Morgan fingerprint density at radius 2 is 1.62 bits per heavy atom. The molecule has 0 radical (unpaired) electrons. The largest absolute Gasteiger partial charge is 0.378 e. The van der Waals surface area contributed by atoms with Crippen molar-refractivity contribution < 1.29 is 9.09 Å². The molecule has 170 valence electrons. The first-order valence-electron chi connectivity index (χ1n) is 10.5. The van der Waals surface area contributed by atoms with E-state index < -0.39 is 13.2 Å². The van der Waals surface area contributed by atoms with Gasteiger partial charge in [-0.1, -0.05) is 61.3 Å². The van der Waals surface area contributed by atoms with E-state index in [0.717, 1.165) is 11.4 Å². The van der Waals surface area contributed by atoms with Crippen molar-refractivity contribution in [2.24, 2.45) is 5.92 Å². The van der Waals surface area contributed by atoms with Crippen LogP contribution < -0.4 is 15.5 Å². The highest BCUT2D eigenvalue weighted by molar-refractivity contribution is 7.67. The third-order valence-electron chi connectivity index (χ3n) is 5.00. The number of para-hydroxylation sites is 1. The van der Waals surface area contributed by atoms with Crippen LogP contribution in [0.1, 0.15) is 25.2 Å². The Labute approximate surface area is 201 Å². The highest BCUT2D eigenvalue weighted by atomic mass is 35.5. The molecule has 0 bridgehead atoms. The molecule has 3 aromatic carbocycles. The first-order valence-corrected chi connectivity index (χ1v) is 12.9. The Morgan fingerprint density at radius 3 is 2.19 bits per heavy atom. The van der Waals surface area contributed by atoms with Crippen LogP contribution in [0.25, 0.3) is 0 Å². The van der Waals surface area contributed by atoms with E-state index in [2.05, 4.69) is 5.32 Å². The zero-order valence-electron chi connectivity index (χ0n) is 18.8. The molecular weight excluding hydrogens is 462 g/mol. The van der Waals surface area contributed by atoms with Gasteiger partial charge in [0.05, 0.1) is 6.61 Å². The molecule has 0 saturated heterocycles. The van der Waals surface area contributed by atoms with Crippen LogP contribution in [0.2, 0.25) is 10.0 Å². The van der Waals surface area contributed by atoms with Gasteiger partial charge < -0.3 is 14.7 Å². The molecule has 0 unspecified atom stereocenters. The Morgan fingerprint density at radius 1 is 0.969 bits per heavy atom. The molecule has 4 nitrogen and oxygen atoms in total. The van der Waals surface area contributed by atoms with Crippen molar-refractivity contribution in [1.82, 2.24) is 0 Å². The van der Waals surface area contributed by atoms with E-state index in [1.165, 1.54) is 0 Å². The zero-order chi connectivity index (χ0) is 23.3. The summed E-state index contributed by atoms with van der Waals surface area (Å²) in [6, 6.07) is 22.5. The Bertz CT molecular complexity index is 1070. The quantitative estimate of drug-likeness (QED) is 0.316. The summed E-state index contributed by atoms with van der Waals surface area (Å²) in [6.07, 6.45) is 0. The number of halogens is 2. The van der Waals surface area contributed by atoms with E-state index in [0.29, 0.717) is 27.5 Å². The molecule has 0 aliphatic rings. The minimum atomic E-state index is -3.47. The van der Waals surface area contributed by atoms with Crippen molar-refractivity contribution >= 4 is 47.3 Å². The molecule has 0 aliphatic carbocycles. The highest BCUT2D eigenvalue weighted by Gasteiger charge is 2.39. The zero-order valence-corrected chi connectivity index (χ0v) is 21.2. The van der Waals surface area contributed by atoms with Crippen molar-refractivity contribution in [1.29, 1.82) is 0 Å². The van der Waals surface area contributed by atoms with Crippen LogP contribution in [0.5, 0.6) is 0 Å². The van der Waals surface area contributed by atoms with Crippen LogP contribution in [0.3, 0.4) is 0 Å². The third kappa shape index (κ3) is 5.88. The van der Waals surface area contributed by atoms with Crippen LogP contribution in [0.15, 0.2) is 72.8 Å². The second-order valence-electron chi connectivity index (χ2n) is 8.28. The minimum absolute atomic E-state index is 0.211. The first-order chi connectivity index (χ1) is 15.2. The molecule has 32 heavy (non-hydrogen) atoms. The topological polar surface area (TPSA) is 41.6 Å². The molecule has 0 amide bonds. The summed E-state index contributed by atoms with van der Waals surface area (Å²) in [5, 5.41) is 5.01. The van der Waals surface area contributed by atoms with Gasteiger partial charge in [0.25, 0.3) is 7.37 Å². The molecule has 2 atom stereocenters. The van der Waals surface area contributed by atoms with Crippen LogP contribution in [-0.4, -0.2) is 20.7 Å². The standard InChI is InChI=1S/C25H29Cl2N2O2P/c1-18(2)17-31-32(30,22-13-11-21(12-14-22)29(3)4)25(28-20-8-6-5-7-9-20)23-15-10-19(26)16-24(23)27/h5-16,18,25,28H,17H2,1-4H3/t25-,32-/m0/s1. The van der Waals surface area contributed by atoms with Gasteiger partial charge in [-0.05, 0) is 54.4 Å². The van der Waals surface area contributed by atoms with E-state index in [1.54, 1.807) is 12.1 Å². The minimum Gasteiger partial charge on any atom is -0.378 e. The number of nitrogens with one attached hydrogen (secondary N) is 1. The SMILES string of the molecule is CC(C)CO[P@@](=O)(c1ccc(N(C)C)cc1)[C@H](Nc1ccccc1)c1ccc(Cl)cc1Cl. The second kappa shape index (κ2) is 10.8. The van der Waals surface area contributed by atoms with Crippen LogP contribution in [0.4, 0.5) is 11.4 Å². The van der Waals surface area contributed by atoms with Gasteiger partial charge in [0.15, 0.2) is 0 Å². The molecule has 0 aromatic heterocycles. The highest BCUT2D eigenvalue weighted by Crippen LogP contribution is 2.60. The maximum absolute atomic E-state index is 14.8. The van der Waals surface area contributed by atoms with Gasteiger partial charge in [-0.2, -0.15) is 0 Å². The maximum atomic E-state index is 14.8. The molecule has 0 fully saturated rings. The van der Waals surface area contributed by atoms with Gasteiger partial charge in [0.2, 0.25) is 0 Å². The summed E-state index contributed by atoms with van der Waals surface area (Å²) in [6.45, 7) is 4.42. The van der Waals surface area contributed by atoms with Gasteiger partial charge in [0.1, 0.15) is 5.78 Å². The smallest absolute Gasteiger partial charge is 0.258 e. The molecule has 7 heteroatoms. The summed E-state index contributed by atoms with van der Waals surface area (Å²) in [5.41, 5.74) is 2.51. The lowest BCUT2D eigenvalue weighted by molar-refractivity contribution is 0.272. The number of rotatable bonds is 9. The van der Waals surface area contributed by atoms with Crippen molar-refractivity contribution in [2.45, 2.75) is 19.6 Å². The fraction of sp³-hybridized carbons (Fsp3) is 0.280. The summed E-state index contributed by atoms with van der Waals surface area (Å²) in [4.78, 5) is 2.00. The predicted octanol–water partition coefficient (Wildman–Crippen LogP) is 7.45. The van der Waals surface area contributed by atoms with Crippen molar-refractivity contribution in [2.75, 3.05) is 30.9 Å². The average Bonchev–Trinajstić information content (AvgIpc) is 2.77. The Kier molecular flexibility index (Phi) is 8.30. The summed E-state index contributed by atoms with van der Waals surface area (Å²) < 4.78 is 21.0. The van der Waals surface area contributed by atoms with E-state index in [4.69, 9.17) is 27.7 Å². The van der Waals surface area contributed by atoms with Crippen LogP contribution in [-0.2, 0) is 9.09 Å². The molecule has 1 N–H and O–H groups in total. The lowest BCUT2D eigenvalue weighted by Gasteiger charge is -2.31. The predicted molar refractivity (Wildman–Crippen MR) is 138 cm³/mol.